The lowest BCUT2D eigenvalue weighted by atomic mass is 9.95. The lowest BCUT2D eigenvalue weighted by molar-refractivity contribution is -0.132. The molecule has 150 valence electrons. The molecule has 30 heavy (non-hydrogen) atoms. The number of hydrogen-bond acceptors (Lipinski definition) is 4. The van der Waals surface area contributed by atoms with Crippen molar-refractivity contribution in [3.63, 3.8) is 0 Å². The molecule has 1 aliphatic heterocycles. The summed E-state index contributed by atoms with van der Waals surface area (Å²) in [6, 6.07) is 22.0. The molecule has 3 aromatic carbocycles. The molecule has 1 fully saturated rings. The molecule has 1 amide bonds. The van der Waals surface area contributed by atoms with Gasteiger partial charge in [-0.2, -0.15) is 0 Å². The zero-order valence-electron chi connectivity index (χ0n) is 16.1. The highest BCUT2D eigenvalue weighted by atomic mass is 35.5. The molecule has 0 spiro atoms. The molecular weight excluding hydrogens is 402 g/mol. The Hall–Kier alpha value is -3.57. The molecule has 1 unspecified atom stereocenters. The minimum Gasteiger partial charge on any atom is -0.507 e. The van der Waals surface area contributed by atoms with Crippen LogP contribution in [0.25, 0.3) is 5.76 Å². The van der Waals surface area contributed by atoms with Crippen LogP contribution in [0, 0.1) is 0 Å². The second-order valence-corrected chi connectivity index (χ2v) is 7.20. The second-order valence-electron chi connectivity index (χ2n) is 6.76. The van der Waals surface area contributed by atoms with Gasteiger partial charge in [-0.05, 0) is 35.9 Å². The molecule has 1 atom stereocenters. The number of aliphatic hydroxyl groups excluding tert-OH is 1. The average Bonchev–Trinajstić information content (AvgIpc) is 3.05. The monoisotopic (exact) mass is 419 g/mol. The van der Waals surface area contributed by atoms with E-state index in [9.17, 15) is 14.7 Å². The van der Waals surface area contributed by atoms with Gasteiger partial charge >= 0.3 is 0 Å². The Morgan fingerprint density at radius 3 is 2.23 bits per heavy atom. The minimum atomic E-state index is -0.794. The van der Waals surface area contributed by atoms with Crippen molar-refractivity contribution >= 4 is 34.7 Å². The molecule has 0 saturated carbocycles. The van der Waals surface area contributed by atoms with Crippen LogP contribution in [0.4, 0.5) is 5.69 Å². The topological polar surface area (TPSA) is 66.8 Å². The summed E-state index contributed by atoms with van der Waals surface area (Å²) in [5, 5.41) is 11.5. The molecule has 1 N–H and O–H groups in total. The fraction of sp³-hybridized carbons (Fsp3) is 0.0833. The van der Waals surface area contributed by atoms with Crippen molar-refractivity contribution in [2.24, 2.45) is 0 Å². The Labute approximate surface area is 178 Å². The van der Waals surface area contributed by atoms with Crippen molar-refractivity contribution in [2.75, 3.05) is 12.0 Å². The number of anilines is 1. The van der Waals surface area contributed by atoms with E-state index < -0.39 is 17.7 Å². The van der Waals surface area contributed by atoms with Crippen LogP contribution in [0.2, 0.25) is 5.02 Å². The number of aliphatic hydroxyl groups is 1. The highest BCUT2D eigenvalue weighted by Gasteiger charge is 2.47. The number of benzene rings is 3. The summed E-state index contributed by atoms with van der Waals surface area (Å²) in [6.45, 7) is 0. The summed E-state index contributed by atoms with van der Waals surface area (Å²) < 4.78 is 5.33. The number of Topliss-reactive ketones (excluding diaryl/α,β-unsaturated/α-hetero) is 1. The number of para-hydroxylation sites is 1. The third kappa shape index (κ3) is 3.33. The molecule has 4 rings (SSSR count). The first-order valence-electron chi connectivity index (χ1n) is 9.28. The summed E-state index contributed by atoms with van der Waals surface area (Å²) in [6.07, 6.45) is 0. The number of hydrogen-bond donors (Lipinski definition) is 1. The van der Waals surface area contributed by atoms with Gasteiger partial charge in [0, 0.05) is 10.7 Å². The van der Waals surface area contributed by atoms with Gasteiger partial charge in [0.05, 0.1) is 24.3 Å². The third-order valence-electron chi connectivity index (χ3n) is 5.01. The van der Waals surface area contributed by atoms with Gasteiger partial charge in [-0.15, -0.1) is 0 Å². The van der Waals surface area contributed by atoms with E-state index in [-0.39, 0.29) is 16.9 Å². The van der Waals surface area contributed by atoms with Crippen LogP contribution in [0.3, 0.4) is 0 Å². The number of halogens is 1. The van der Waals surface area contributed by atoms with Crippen molar-refractivity contribution in [3.05, 3.63) is 101 Å². The molecule has 5 nitrogen and oxygen atoms in total. The summed E-state index contributed by atoms with van der Waals surface area (Å²) >= 11 is 6.12. The van der Waals surface area contributed by atoms with Gasteiger partial charge < -0.3 is 9.84 Å². The predicted octanol–water partition coefficient (Wildman–Crippen LogP) is 4.97. The van der Waals surface area contributed by atoms with Crippen molar-refractivity contribution in [3.8, 4) is 5.75 Å². The minimum absolute atomic E-state index is 0.0179. The highest BCUT2D eigenvalue weighted by Crippen LogP contribution is 2.43. The Morgan fingerprint density at radius 1 is 0.967 bits per heavy atom. The Balaban J connectivity index is 1.98. The first-order chi connectivity index (χ1) is 14.5. The average molecular weight is 420 g/mol. The predicted molar refractivity (Wildman–Crippen MR) is 116 cm³/mol. The number of rotatable bonds is 4. The first kappa shape index (κ1) is 19.7. The Kier molecular flexibility index (Phi) is 5.29. The van der Waals surface area contributed by atoms with Gasteiger partial charge in [0.1, 0.15) is 11.5 Å². The van der Waals surface area contributed by atoms with E-state index in [1.165, 1.54) is 18.1 Å². The molecule has 6 heteroatoms. The summed E-state index contributed by atoms with van der Waals surface area (Å²) in [5.74, 6) is -1.47. The number of nitrogens with zero attached hydrogens (tertiary/aromatic N) is 1. The molecule has 0 aliphatic carbocycles. The second kappa shape index (κ2) is 8.05. The third-order valence-corrected chi connectivity index (χ3v) is 5.25. The van der Waals surface area contributed by atoms with Gasteiger partial charge in [-0.1, -0.05) is 60.1 Å². The number of carbonyl (C=O) groups excluding carboxylic acids is 2. The molecule has 1 saturated heterocycles. The van der Waals surface area contributed by atoms with Crippen molar-refractivity contribution in [1.82, 2.24) is 0 Å². The largest absolute Gasteiger partial charge is 0.507 e. The van der Waals surface area contributed by atoms with Crippen LogP contribution >= 0.6 is 11.6 Å². The van der Waals surface area contributed by atoms with Gasteiger partial charge in [0.2, 0.25) is 0 Å². The van der Waals surface area contributed by atoms with Crippen LogP contribution in [0.15, 0.2) is 84.4 Å². The smallest absolute Gasteiger partial charge is 0.300 e. The number of carbonyl (C=O) groups is 2. The zero-order chi connectivity index (χ0) is 21.3. The summed E-state index contributed by atoms with van der Waals surface area (Å²) in [5.41, 5.74) is 1.49. The number of amides is 1. The molecule has 0 radical (unpaired) electrons. The Morgan fingerprint density at radius 2 is 1.60 bits per heavy atom. The van der Waals surface area contributed by atoms with Crippen LogP contribution in [-0.2, 0) is 9.59 Å². The maximum Gasteiger partial charge on any atom is 0.300 e. The number of ketones is 1. The molecule has 1 aliphatic rings. The maximum atomic E-state index is 13.1. The van der Waals surface area contributed by atoms with Crippen LogP contribution in [0.5, 0.6) is 5.75 Å². The van der Waals surface area contributed by atoms with Gasteiger partial charge in [-0.25, -0.2) is 0 Å². The Bertz CT molecular complexity index is 1140. The number of ether oxygens (including phenoxy) is 1. The standard InChI is InChI=1S/C24H18ClNO4/c1-30-19-13-12-16(25)14-18(19)22(27)20-21(15-8-4-2-5-9-15)26(24(29)23(20)28)17-10-6-3-7-11-17/h2-14,21,27H,1H3/b22-20+. The van der Waals surface area contributed by atoms with Gasteiger partial charge in [0.25, 0.3) is 11.7 Å². The zero-order valence-corrected chi connectivity index (χ0v) is 16.8. The van der Waals surface area contributed by atoms with E-state index >= 15 is 0 Å². The van der Waals surface area contributed by atoms with E-state index in [0.29, 0.717) is 22.0 Å². The molecule has 0 bridgehead atoms. The number of methoxy groups -OCH3 is 1. The highest BCUT2D eigenvalue weighted by molar-refractivity contribution is 6.51. The lowest BCUT2D eigenvalue weighted by Gasteiger charge is -2.25. The summed E-state index contributed by atoms with van der Waals surface area (Å²) in [4.78, 5) is 27.5. The first-order valence-corrected chi connectivity index (χ1v) is 9.65. The lowest BCUT2D eigenvalue weighted by Crippen LogP contribution is -2.29. The normalized spacial score (nSPS) is 17.9. The van der Waals surface area contributed by atoms with Crippen LogP contribution in [0.1, 0.15) is 17.2 Å². The molecule has 1 heterocycles. The van der Waals surface area contributed by atoms with E-state index in [2.05, 4.69) is 0 Å². The van der Waals surface area contributed by atoms with Crippen molar-refractivity contribution < 1.29 is 19.4 Å². The van der Waals surface area contributed by atoms with Crippen LogP contribution < -0.4 is 9.64 Å². The molecular formula is C24H18ClNO4. The van der Waals surface area contributed by atoms with E-state index in [0.717, 1.165) is 0 Å². The summed E-state index contributed by atoms with van der Waals surface area (Å²) in [7, 11) is 1.46. The van der Waals surface area contributed by atoms with E-state index in [1.54, 1.807) is 36.4 Å². The van der Waals surface area contributed by atoms with Crippen molar-refractivity contribution in [2.45, 2.75) is 6.04 Å². The van der Waals surface area contributed by atoms with E-state index in [4.69, 9.17) is 16.3 Å². The fourth-order valence-corrected chi connectivity index (χ4v) is 3.82. The molecule has 3 aromatic rings. The van der Waals surface area contributed by atoms with Crippen LogP contribution in [-0.4, -0.2) is 23.9 Å². The quantitative estimate of drug-likeness (QED) is 0.368. The molecule has 0 aromatic heterocycles. The maximum absolute atomic E-state index is 13.1. The SMILES string of the molecule is COc1ccc(Cl)cc1/C(O)=C1\C(=O)C(=O)N(c2ccccc2)C1c1ccccc1. The van der Waals surface area contributed by atoms with Crippen molar-refractivity contribution in [1.29, 1.82) is 0 Å². The van der Waals surface area contributed by atoms with Gasteiger partial charge in [0.15, 0.2) is 0 Å². The van der Waals surface area contributed by atoms with E-state index in [1.807, 2.05) is 36.4 Å². The fourth-order valence-electron chi connectivity index (χ4n) is 3.65. The van der Waals surface area contributed by atoms with Gasteiger partial charge in [-0.3, -0.25) is 14.5 Å².